The van der Waals surface area contributed by atoms with Crippen molar-refractivity contribution in [2.75, 3.05) is 13.1 Å². The predicted octanol–water partition coefficient (Wildman–Crippen LogP) is 2.92. The van der Waals surface area contributed by atoms with Crippen LogP contribution in [0.15, 0.2) is 0 Å². The van der Waals surface area contributed by atoms with Gasteiger partial charge >= 0.3 is 5.97 Å². The Morgan fingerprint density at radius 3 is 2.32 bits per heavy atom. The number of carboxylic acid groups (broad SMARTS) is 1. The van der Waals surface area contributed by atoms with E-state index < -0.39 is 11.4 Å². The van der Waals surface area contributed by atoms with Crippen molar-refractivity contribution in [1.29, 1.82) is 0 Å². The molecule has 0 saturated carbocycles. The largest absolute Gasteiger partial charge is 0.481 e. The Bertz CT molecular complexity index is 323. The fourth-order valence-electron chi connectivity index (χ4n) is 2.95. The third kappa shape index (κ3) is 3.95. The summed E-state index contributed by atoms with van der Waals surface area (Å²) in [5.74, 6) is -0.547. The van der Waals surface area contributed by atoms with Crippen LogP contribution in [0.3, 0.4) is 0 Å². The van der Waals surface area contributed by atoms with E-state index in [1.165, 1.54) is 0 Å². The highest BCUT2D eigenvalue weighted by molar-refractivity contribution is 5.81. The smallest absolute Gasteiger partial charge is 0.311 e. The molecule has 1 unspecified atom stereocenters. The fourth-order valence-corrected chi connectivity index (χ4v) is 2.95. The van der Waals surface area contributed by atoms with Gasteiger partial charge in [0.05, 0.1) is 5.41 Å². The van der Waals surface area contributed by atoms with Crippen LogP contribution >= 0.6 is 0 Å². The molecule has 4 heteroatoms. The van der Waals surface area contributed by atoms with Crippen LogP contribution in [0.1, 0.15) is 59.3 Å². The van der Waals surface area contributed by atoms with Gasteiger partial charge in [-0.1, -0.05) is 26.7 Å². The number of carbonyl (C=O) groups is 2. The second-order valence-corrected chi connectivity index (χ2v) is 6.00. The molecule has 4 nitrogen and oxygen atoms in total. The minimum Gasteiger partial charge on any atom is -0.481 e. The average molecular weight is 269 g/mol. The molecule has 1 heterocycles. The molecule has 0 bridgehead atoms. The van der Waals surface area contributed by atoms with Gasteiger partial charge < -0.3 is 10.0 Å². The highest BCUT2D eigenvalue weighted by Crippen LogP contribution is 2.31. The lowest BCUT2D eigenvalue weighted by molar-refractivity contribution is -0.154. The molecule has 110 valence electrons. The van der Waals surface area contributed by atoms with Crippen LogP contribution in [0.5, 0.6) is 0 Å². The first-order valence-electron chi connectivity index (χ1n) is 7.46. The maximum absolute atomic E-state index is 12.5. The highest BCUT2D eigenvalue weighted by atomic mass is 16.4. The monoisotopic (exact) mass is 269 g/mol. The van der Waals surface area contributed by atoms with Crippen LogP contribution in [0, 0.1) is 11.3 Å². The molecule has 1 atom stereocenters. The number of nitrogens with zero attached hydrogens (tertiary/aromatic N) is 1. The highest BCUT2D eigenvalue weighted by Gasteiger charge is 2.40. The number of rotatable bonds is 6. The summed E-state index contributed by atoms with van der Waals surface area (Å²) in [7, 11) is 0. The Labute approximate surface area is 116 Å². The molecular formula is C15H27NO3. The fraction of sp³-hybridized carbons (Fsp3) is 0.867. The van der Waals surface area contributed by atoms with Gasteiger partial charge in [-0.25, -0.2) is 0 Å². The number of aliphatic carboxylic acids is 1. The van der Waals surface area contributed by atoms with Crippen molar-refractivity contribution in [2.24, 2.45) is 11.3 Å². The molecule has 1 amide bonds. The first-order chi connectivity index (χ1) is 8.94. The zero-order valence-electron chi connectivity index (χ0n) is 12.4. The van der Waals surface area contributed by atoms with Crippen LogP contribution in [0.25, 0.3) is 0 Å². The predicted molar refractivity (Wildman–Crippen MR) is 74.9 cm³/mol. The van der Waals surface area contributed by atoms with E-state index in [2.05, 4.69) is 13.8 Å². The van der Waals surface area contributed by atoms with Crippen molar-refractivity contribution in [2.45, 2.75) is 59.3 Å². The number of piperidine rings is 1. The zero-order chi connectivity index (χ0) is 14.5. The summed E-state index contributed by atoms with van der Waals surface area (Å²) in [6.07, 6.45) is 5.28. The maximum Gasteiger partial charge on any atom is 0.311 e. The number of carboxylic acids is 1. The van der Waals surface area contributed by atoms with Crippen LogP contribution in [-0.4, -0.2) is 35.0 Å². The summed E-state index contributed by atoms with van der Waals surface area (Å²) in [4.78, 5) is 25.6. The van der Waals surface area contributed by atoms with Crippen molar-refractivity contribution < 1.29 is 14.7 Å². The molecule has 0 aliphatic carbocycles. The van der Waals surface area contributed by atoms with Gasteiger partial charge in [0, 0.05) is 19.0 Å². The van der Waals surface area contributed by atoms with E-state index in [1.54, 1.807) is 11.8 Å². The average Bonchev–Trinajstić information content (AvgIpc) is 2.37. The molecule has 0 radical (unpaired) electrons. The van der Waals surface area contributed by atoms with E-state index in [9.17, 15) is 14.7 Å². The molecule has 1 aliphatic heterocycles. The quantitative estimate of drug-likeness (QED) is 0.806. The Balaban J connectivity index is 2.72. The number of amides is 1. The summed E-state index contributed by atoms with van der Waals surface area (Å²) in [5.41, 5.74) is -0.767. The lowest BCUT2D eigenvalue weighted by Gasteiger charge is -2.39. The van der Waals surface area contributed by atoms with Crippen molar-refractivity contribution in [3.05, 3.63) is 0 Å². The number of carbonyl (C=O) groups excluding carboxylic acids is 1. The molecule has 1 saturated heterocycles. The second-order valence-electron chi connectivity index (χ2n) is 6.00. The lowest BCUT2D eigenvalue weighted by atomic mass is 9.81. The topological polar surface area (TPSA) is 57.6 Å². The van der Waals surface area contributed by atoms with Gasteiger partial charge in [0.25, 0.3) is 0 Å². The summed E-state index contributed by atoms with van der Waals surface area (Å²) in [6, 6.07) is 0. The van der Waals surface area contributed by atoms with Gasteiger partial charge in [0.2, 0.25) is 5.91 Å². The van der Waals surface area contributed by atoms with Gasteiger partial charge in [0.15, 0.2) is 0 Å². The van der Waals surface area contributed by atoms with Crippen molar-refractivity contribution in [1.82, 2.24) is 4.90 Å². The van der Waals surface area contributed by atoms with Crippen LogP contribution < -0.4 is 0 Å². The van der Waals surface area contributed by atoms with E-state index in [0.29, 0.717) is 19.5 Å². The Morgan fingerprint density at radius 1 is 1.26 bits per heavy atom. The molecule has 0 aromatic heterocycles. The molecule has 19 heavy (non-hydrogen) atoms. The Morgan fingerprint density at radius 2 is 1.84 bits per heavy atom. The van der Waals surface area contributed by atoms with Crippen molar-refractivity contribution in [3.63, 3.8) is 0 Å². The molecular weight excluding hydrogens is 242 g/mol. The van der Waals surface area contributed by atoms with E-state index in [0.717, 1.165) is 32.1 Å². The standard InChI is InChI=1S/C15H27NO3/c1-4-7-12(8-5-2)13(17)16-10-6-9-15(3,11-16)14(18)19/h12H,4-11H2,1-3H3,(H,18,19). The third-order valence-corrected chi connectivity index (χ3v) is 4.15. The van der Waals surface area contributed by atoms with Gasteiger partial charge in [0.1, 0.15) is 0 Å². The van der Waals surface area contributed by atoms with Crippen molar-refractivity contribution in [3.8, 4) is 0 Å². The second kappa shape index (κ2) is 6.92. The van der Waals surface area contributed by atoms with Crippen molar-refractivity contribution >= 4 is 11.9 Å². The summed E-state index contributed by atoms with van der Waals surface area (Å²) < 4.78 is 0. The van der Waals surface area contributed by atoms with Gasteiger partial charge in [-0.05, 0) is 32.6 Å². The number of likely N-dealkylation sites (tertiary alicyclic amines) is 1. The summed E-state index contributed by atoms with van der Waals surface area (Å²) in [5, 5.41) is 9.30. The summed E-state index contributed by atoms with van der Waals surface area (Å²) in [6.45, 7) is 7.02. The van der Waals surface area contributed by atoms with Gasteiger partial charge in [-0.15, -0.1) is 0 Å². The Hall–Kier alpha value is -1.06. The molecule has 1 fully saturated rings. The van der Waals surface area contributed by atoms with Crippen LogP contribution in [0.4, 0.5) is 0 Å². The third-order valence-electron chi connectivity index (χ3n) is 4.15. The number of hydrogen-bond donors (Lipinski definition) is 1. The molecule has 1 N–H and O–H groups in total. The van der Waals surface area contributed by atoms with E-state index in [4.69, 9.17) is 0 Å². The zero-order valence-corrected chi connectivity index (χ0v) is 12.4. The molecule has 0 spiro atoms. The molecule has 1 aliphatic rings. The normalized spacial score (nSPS) is 23.7. The molecule has 1 rings (SSSR count). The minimum atomic E-state index is -0.785. The summed E-state index contributed by atoms with van der Waals surface area (Å²) >= 11 is 0. The van der Waals surface area contributed by atoms with E-state index >= 15 is 0 Å². The molecule has 0 aromatic rings. The lowest BCUT2D eigenvalue weighted by Crippen LogP contribution is -2.50. The first kappa shape index (κ1) is 16.0. The number of hydrogen-bond acceptors (Lipinski definition) is 2. The first-order valence-corrected chi connectivity index (χ1v) is 7.46. The van der Waals surface area contributed by atoms with Gasteiger partial charge in [-0.2, -0.15) is 0 Å². The SMILES string of the molecule is CCCC(CCC)C(=O)N1CCCC(C)(C(=O)O)C1. The van der Waals surface area contributed by atoms with E-state index in [-0.39, 0.29) is 11.8 Å². The van der Waals surface area contributed by atoms with Gasteiger partial charge in [-0.3, -0.25) is 9.59 Å². The maximum atomic E-state index is 12.5. The minimum absolute atomic E-state index is 0.0751. The van der Waals surface area contributed by atoms with Crippen LogP contribution in [-0.2, 0) is 9.59 Å². The Kier molecular flexibility index (Phi) is 5.83. The van der Waals surface area contributed by atoms with Crippen LogP contribution in [0.2, 0.25) is 0 Å². The van der Waals surface area contributed by atoms with E-state index in [1.807, 2.05) is 0 Å². The molecule has 0 aromatic carbocycles.